The molecule has 0 fully saturated rings. The van der Waals surface area contributed by atoms with Crippen LogP contribution in [0.4, 0.5) is 0 Å². The van der Waals surface area contributed by atoms with Crippen LogP contribution in [0.25, 0.3) is 0 Å². The van der Waals surface area contributed by atoms with Crippen molar-refractivity contribution in [2.24, 2.45) is 0 Å². The standard InChI is InChI=1S/C3H7B/c1-3-4-2/h3-4H,1H2,2H3. The molecule has 0 aliphatic rings. The predicted molar refractivity (Wildman–Crippen MR) is 23.2 cm³/mol. The molecule has 0 unspecified atom stereocenters. The molecule has 0 aliphatic carbocycles. The van der Waals surface area contributed by atoms with E-state index < -0.39 is 0 Å². The van der Waals surface area contributed by atoms with Gasteiger partial charge in [0.05, 0.1) is 0 Å². The zero-order valence-electron chi connectivity index (χ0n) is 2.99. The van der Waals surface area contributed by atoms with E-state index in [2.05, 4.69) is 13.4 Å². The average molecular weight is 53.9 g/mol. The summed E-state index contributed by atoms with van der Waals surface area (Å²) >= 11 is 0. The van der Waals surface area contributed by atoms with Crippen molar-refractivity contribution < 1.29 is 0 Å². The summed E-state index contributed by atoms with van der Waals surface area (Å²) in [4.78, 5) is 0. The lowest BCUT2D eigenvalue weighted by Crippen LogP contribution is -1.61. The van der Waals surface area contributed by atoms with Crippen LogP contribution in [0.3, 0.4) is 0 Å². The van der Waals surface area contributed by atoms with Gasteiger partial charge in [-0.25, -0.2) is 0 Å². The molecule has 0 saturated heterocycles. The second-order valence-electron chi connectivity index (χ2n) is 0.697. The van der Waals surface area contributed by atoms with Gasteiger partial charge >= 0.3 is 0 Å². The summed E-state index contributed by atoms with van der Waals surface area (Å²) in [6.07, 6.45) is 0. The Morgan fingerprint density at radius 3 is 2.25 bits per heavy atom. The minimum atomic E-state index is 1.08. The Hall–Kier alpha value is -0.195. The summed E-state index contributed by atoms with van der Waals surface area (Å²) in [5, 5.41) is 0. The highest BCUT2D eigenvalue weighted by Crippen LogP contribution is 1.48. The minimum Gasteiger partial charge on any atom is -0.127 e. The molecule has 0 saturated carbocycles. The molecule has 0 aromatic carbocycles. The lowest BCUT2D eigenvalue weighted by atomic mass is 9.84. The van der Waals surface area contributed by atoms with Crippen LogP contribution in [-0.2, 0) is 0 Å². The molecule has 0 rings (SSSR count). The van der Waals surface area contributed by atoms with Gasteiger partial charge in [0.15, 0.2) is 0 Å². The number of rotatable bonds is 1. The first-order chi connectivity index (χ1) is 1.91. The maximum absolute atomic E-state index is 3.48. The highest BCUT2D eigenvalue weighted by molar-refractivity contribution is 6.39. The Morgan fingerprint density at radius 1 is 2.00 bits per heavy atom. The fourth-order valence-electron chi connectivity index (χ4n) is 0. The molecular weight excluding hydrogens is 46.8 g/mol. The van der Waals surface area contributed by atoms with E-state index in [1.165, 1.54) is 0 Å². The van der Waals surface area contributed by atoms with Gasteiger partial charge in [-0.2, -0.15) is 0 Å². The molecule has 0 radical (unpaired) electrons. The second kappa shape index (κ2) is 2.80. The van der Waals surface area contributed by atoms with Crippen LogP contribution in [0, 0.1) is 0 Å². The van der Waals surface area contributed by atoms with Gasteiger partial charge in [-0.05, 0) is 0 Å². The SMILES string of the molecule is C=CBC. The number of hydrogen-bond donors (Lipinski definition) is 0. The Labute approximate surface area is 27.8 Å². The van der Waals surface area contributed by atoms with E-state index in [4.69, 9.17) is 0 Å². The molecule has 1 heteroatoms. The smallest absolute Gasteiger partial charge is 0.127 e. The van der Waals surface area contributed by atoms with Crippen molar-refractivity contribution in [3.63, 3.8) is 0 Å². The third kappa shape index (κ3) is 1.80. The molecular formula is C3H7B. The van der Waals surface area contributed by atoms with Crippen LogP contribution >= 0.6 is 0 Å². The van der Waals surface area contributed by atoms with Crippen LogP contribution in [0.5, 0.6) is 0 Å². The van der Waals surface area contributed by atoms with Crippen LogP contribution in [0.1, 0.15) is 0 Å². The summed E-state index contributed by atoms with van der Waals surface area (Å²) in [5.74, 6) is 1.88. The molecule has 0 nitrogen and oxygen atoms in total. The summed E-state index contributed by atoms with van der Waals surface area (Å²) in [5.41, 5.74) is 0. The van der Waals surface area contributed by atoms with Gasteiger partial charge in [0.1, 0.15) is 7.28 Å². The van der Waals surface area contributed by atoms with E-state index in [9.17, 15) is 0 Å². The van der Waals surface area contributed by atoms with Crippen molar-refractivity contribution in [3.8, 4) is 0 Å². The molecule has 0 aliphatic heterocycles. The Bertz CT molecular complexity index is 17.2. The van der Waals surface area contributed by atoms with Gasteiger partial charge in [0, 0.05) is 0 Å². The van der Waals surface area contributed by atoms with Crippen molar-refractivity contribution in [2.45, 2.75) is 6.82 Å². The van der Waals surface area contributed by atoms with E-state index in [0.29, 0.717) is 0 Å². The monoisotopic (exact) mass is 54.1 g/mol. The van der Waals surface area contributed by atoms with Crippen LogP contribution in [0.2, 0.25) is 6.82 Å². The average Bonchev–Trinajstić information content (AvgIpc) is 1.37. The van der Waals surface area contributed by atoms with Crippen molar-refractivity contribution >= 4 is 7.28 Å². The third-order valence-electron chi connectivity index (χ3n) is 0.289. The van der Waals surface area contributed by atoms with Crippen LogP contribution in [-0.4, -0.2) is 7.28 Å². The number of hydrogen-bond acceptors (Lipinski definition) is 0. The molecule has 0 spiro atoms. The van der Waals surface area contributed by atoms with Crippen LogP contribution < -0.4 is 0 Å². The first-order valence-corrected chi connectivity index (χ1v) is 1.52. The molecule has 0 aromatic rings. The van der Waals surface area contributed by atoms with Gasteiger partial charge in [-0.3, -0.25) is 0 Å². The molecule has 0 amide bonds. The Balaban J connectivity index is 2.30. The summed E-state index contributed by atoms with van der Waals surface area (Å²) in [6, 6.07) is 0. The molecule has 0 heterocycles. The lowest BCUT2D eigenvalue weighted by Gasteiger charge is -1.52. The Morgan fingerprint density at radius 2 is 2.25 bits per heavy atom. The third-order valence-corrected chi connectivity index (χ3v) is 0.289. The zero-order valence-corrected chi connectivity index (χ0v) is 2.99. The van der Waals surface area contributed by atoms with E-state index in [0.717, 1.165) is 7.28 Å². The van der Waals surface area contributed by atoms with Crippen molar-refractivity contribution in [2.75, 3.05) is 0 Å². The molecule has 0 N–H and O–H groups in total. The fourth-order valence-corrected chi connectivity index (χ4v) is 0. The van der Waals surface area contributed by atoms with E-state index in [1.807, 2.05) is 5.98 Å². The van der Waals surface area contributed by atoms with Crippen molar-refractivity contribution in [3.05, 3.63) is 12.6 Å². The van der Waals surface area contributed by atoms with Crippen molar-refractivity contribution in [1.29, 1.82) is 0 Å². The summed E-state index contributed by atoms with van der Waals surface area (Å²) < 4.78 is 0. The molecule has 0 atom stereocenters. The Kier molecular flexibility index (Phi) is 2.67. The van der Waals surface area contributed by atoms with E-state index in [1.54, 1.807) is 0 Å². The van der Waals surface area contributed by atoms with Crippen molar-refractivity contribution in [1.82, 2.24) is 0 Å². The fraction of sp³-hybridized carbons (Fsp3) is 0.333. The predicted octanol–water partition coefficient (Wildman–Crippen LogP) is 0.614. The van der Waals surface area contributed by atoms with E-state index in [-0.39, 0.29) is 0 Å². The van der Waals surface area contributed by atoms with Gasteiger partial charge in [-0.15, -0.1) is 12.6 Å². The summed E-state index contributed by atoms with van der Waals surface area (Å²) in [6.45, 7) is 5.54. The maximum atomic E-state index is 3.48. The molecule has 0 aromatic heterocycles. The molecule has 0 bridgehead atoms. The zero-order chi connectivity index (χ0) is 3.41. The van der Waals surface area contributed by atoms with Gasteiger partial charge in [0.2, 0.25) is 0 Å². The normalized spacial score (nSPS) is 5.25. The van der Waals surface area contributed by atoms with E-state index >= 15 is 0 Å². The maximum Gasteiger partial charge on any atom is 0.144 e. The van der Waals surface area contributed by atoms with Crippen LogP contribution in [0.15, 0.2) is 12.6 Å². The van der Waals surface area contributed by atoms with Gasteiger partial charge in [-0.1, -0.05) is 6.82 Å². The first kappa shape index (κ1) is 3.80. The largest absolute Gasteiger partial charge is 0.144 e. The first-order valence-electron chi connectivity index (χ1n) is 1.52. The van der Waals surface area contributed by atoms with Gasteiger partial charge in [0.25, 0.3) is 0 Å². The lowest BCUT2D eigenvalue weighted by molar-refractivity contribution is 2.26. The minimum absolute atomic E-state index is 1.08. The van der Waals surface area contributed by atoms with Gasteiger partial charge < -0.3 is 0 Å². The molecule has 22 valence electrons. The highest BCUT2D eigenvalue weighted by Gasteiger charge is 1.52. The quantitative estimate of drug-likeness (QED) is 0.385. The summed E-state index contributed by atoms with van der Waals surface area (Å²) in [7, 11) is 1.08. The topological polar surface area (TPSA) is 0 Å². The highest BCUT2D eigenvalue weighted by atomic mass is 13.1. The molecule has 4 heavy (non-hydrogen) atoms. The second-order valence-corrected chi connectivity index (χ2v) is 0.697.